The number of hydrogen-bond acceptors (Lipinski definition) is 5. The largest absolute Gasteiger partial charge is 0.410 e. The number of benzene rings is 2. The number of anilines is 2. The van der Waals surface area contributed by atoms with Gasteiger partial charge in [0.25, 0.3) is 11.8 Å². The lowest BCUT2D eigenvalue weighted by Gasteiger charge is -2.23. The molecule has 2 amide bonds. The summed E-state index contributed by atoms with van der Waals surface area (Å²) in [6.45, 7) is 4.18. The number of aromatic amines is 1. The highest BCUT2D eigenvalue weighted by molar-refractivity contribution is 6.42. The Labute approximate surface area is 191 Å². The van der Waals surface area contributed by atoms with Crippen molar-refractivity contribution in [3.8, 4) is 11.3 Å². The molecular weight excluding hydrogens is 430 g/mol. The van der Waals surface area contributed by atoms with E-state index in [4.69, 9.17) is 5.21 Å². The van der Waals surface area contributed by atoms with Gasteiger partial charge in [-0.1, -0.05) is 30.3 Å². The van der Waals surface area contributed by atoms with E-state index in [-0.39, 0.29) is 24.0 Å². The first-order valence-electron chi connectivity index (χ1n) is 10.1. The van der Waals surface area contributed by atoms with Crippen molar-refractivity contribution in [3.63, 3.8) is 0 Å². The average Bonchev–Trinajstić information content (AvgIpc) is 3.08. The summed E-state index contributed by atoms with van der Waals surface area (Å²) in [5.74, 6) is 0.252. The predicted molar refractivity (Wildman–Crippen MR) is 126 cm³/mol. The number of imidazole rings is 1. The summed E-state index contributed by atoms with van der Waals surface area (Å²) >= 11 is 0. The summed E-state index contributed by atoms with van der Waals surface area (Å²) in [4.78, 5) is 35.1. The number of aryl methyl sites for hydroxylation is 1. The van der Waals surface area contributed by atoms with Crippen molar-refractivity contribution in [2.75, 3.05) is 16.8 Å². The van der Waals surface area contributed by atoms with Gasteiger partial charge in [0.2, 0.25) is 0 Å². The molecule has 0 saturated heterocycles. The molecule has 1 aliphatic heterocycles. The third-order valence-corrected chi connectivity index (χ3v) is 5.29. The summed E-state index contributed by atoms with van der Waals surface area (Å²) in [7, 11) is 0. The van der Waals surface area contributed by atoms with E-state index in [9.17, 15) is 9.59 Å². The van der Waals surface area contributed by atoms with Crippen LogP contribution in [0.5, 0.6) is 0 Å². The van der Waals surface area contributed by atoms with Crippen LogP contribution in [0, 0.1) is 6.92 Å². The van der Waals surface area contributed by atoms with E-state index in [0.717, 1.165) is 28.5 Å². The van der Waals surface area contributed by atoms with Gasteiger partial charge in [0, 0.05) is 35.5 Å². The molecule has 0 radical (unpaired) electrons. The molecule has 3 N–H and O–H groups in total. The molecule has 9 heteroatoms. The van der Waals surface area contributed by atoms with E-state index in [2.05, 4.69) is 20.4 Å². The van der Waals surface area contributed by atoms with Gasteiger partial charge in [-0.2, -0.15) is 0 Å². The fourth-order valence-electron chi connectivity index (χ4n) is 3.74. The van der Waals surface area contributed by atoms with Crippen LogP contribution < -0.4 is 10.2 Å². The van der Waals surface area contributed by atoms with E-state index in [1.165, 1.54) is 0 Å². The number of H-pyrrole nitrogens is 1. The molecule has 1 aromatic heterocycles. The Morgan fingerprint density at radius 1 is 1.19 bits per heavy atom. The van der Waals surface area contributed by atoms with Gasteiger partial charge in [0.15, 0.2) is 0 Å². The molecule has 0 saturated carbocycles. The minimum absolute atomic E-state index is 0. The number of nitrogens with zero attached hydrogens (tertiary/aromatic N) is 3. The van der Waals surface area contributed by atoms with Crippen LogP contribution in [0.2, 0.25) is 0 Å². The van der Waals surface area contributed by atoms with Crippen molar-refractivity contribution in [2.45, 2.75) is 26.7 Å². The van der Waals surface area contributed by atoms with Crippen molar-refractivity contribution in [1.29, 1.82) is 0 Å². The molecule has 8 nitrogen and oxygen atoms in total. The van der Waals surface area contributed by atoms with Crippen molar-refractivity contribution in [3.05, 3.63) is 65.6 Å². The van der Waals surface area contributed by atoms with Crippen LogP contribution in [0.4, 0.5) is 11.4 Å². The van der Waals surface area contributed by atoms with E-state index in [0.29, 0.717) is 30.6 Å². The Morgan fingerprint density at radius 2 is 1.91 bits per heavy atom. The molecule has 0 atom stereocenters. The summed E-state index contributed by atoms with van der Waals surface area (Å²) in [5.41, 5.74) is 4.72. The minimum Gasteiger partial charge on any atom is -0.410 e. The van der Waals surface area contributed by atoms with Crippen LogP contribution in [0.15, 0.2) is 53.7 Å². The highest BCUT2D eigenvalue weighted by atomic mass is 35.5. The second-order valence-electron chi connectivity index (χ2n) is 7.31. The minimum atomic E-state index is -0.477. The number of rotatable bonds is 4. The first-order chi connectivity index (χ1) is 15.0. The quantitative estimate of drug-likeness (QED) is 0.312. The van der Waals surface area contributed by atoms with Gasteiger partial charge >= 0.3 is 0 Å². The maximum atomic E-state index is 13.3. The number of oxime groups is 1. The lowest BCUT2D eigenvalue weighted by atomic mass is 10.1. The van der Waals surface area contributed by atoms with Crippen LogP contribution >= 0.6 is 12.4 Å². The molecule has 0 unspecified atom stereocenters. The fourth-order valence-corrected chi connectivity index (χ4v) is 3.74. The molecule has 0 spiro atoms. The van der Waals surface area contributed by atoms with Crippen molar-refractivity contribution < 1.29 is 14.8 Å². The van der Waals surface area contributed by atoms with Crippen LogP contribution in [-0.2, 0) is 11.2 Å². The van der Waals surface area contributed by atoms with E-state index in [1.54, 1.807) is 36.1 Å². The SMILES string of the molecule is CCC(=NO)C(=O)Nc1ccc(C(=O)N2CCc3[nH]c(C)nc3-c3ccccc32)cc1.Cl. The Morgan fingerprint density at radius 3 is 2.59 bits per heavy atom. The van der Waals surface area contributed by atoms with Crippen LogP contribution in [0.1, 0.15) is 35.2 Å². The zero-order valence-electron chi connectivity index (χ0n) is 17.8. The monoisotopic (exact) mass is 453 g/mol. The molecule has 3 aromatic rings. The van der Waals surface area contributed by atoms with E-state index >= 15 is 0 Å². The van der Waals surface area contributed by atoms with Gasteiger partial charge in [0.05, 0.1) is 11.4 Å². The van der Waals surface area contributed by atoms with E-state index in [1.807, 2.05) is 31.2 Å². The average molecular weight is 454 g/mol. The smallest absolute Gasteiger partial charge is 0.273 e. The third kappa shape index (κ3) is 4.36. The first kappa shape index (κ1) is 23.0. The first-order valence-corrected chi connectivity index (χ1v) is 10.1. The molecule has 166 valence electrons. The number of carbonyl (C=O) groups excluding carboxylic acids is 2. The highest BCUT2D eigenvalue weighted by Gasteiger charge is 2.26. The van der Waals surface area contributed by atoms with Gasteiger partial charge in [-0.05, 0) is 43.7 Å². The number of amides is 2. The molecular formula is C23H24ClN5O3. The van der Waals surface area contributed by atoms with Crippen LogP contribution in [0.3, 0.4) is 0 Å². The van der Waals surface area contributed by atoms with Gasteiger partial charge in [-0.25, -0.2) is 4.98 Å². The van der Waals surface area contributed by atoms with Crippen molar-refractivity contribution in [2.24, 2.45) is 5.16 Å². The zero-order valence-corrected chi connectivity index (χ0v) is 18.6. The summed E-state index contributed by atoms with van der Waals surface area (Å²) in [5, 5.41) is 14.5. The molecule has 0 bridgehead atoms. The number of aromatic nitrogens is 2. The Hall–Kier alpha value is -3.65. The molecule has 0 fully saturated rings. The fraction of sp³-hybridized carbons (Fsp3) is 0.217. The standard InChI is InChI=1S/C23H23N5O3.ClH/c1-3-18(27-31)22(29)26-16-10-8-15(9-11-16)23(30)28-13-12-19-21(25-14(2)24-19)17-6-4-5-7-20(17)28;/h4-11,31H,3,12-13H2,1-2H3,(H,24,25)(H,26,29);1H. The Balaban J connectivity index is 0.00000289. The van der Waals surface area contributed by atoms with E-state index < -0.39 is 5.91 Å². The maximum Gasteiger partial charge on any atom is 0.273 e. The maximum absolute atomic E-state index is 13.3. The molecule has 2 heterocycles. The third-order valence-electron chi connectivity index (χ3n) is 5.29. The Kier molecular flexibility index (Phi) is 6.95. The van der Waals surface area contributed by atoms with Gasteiger partial charge < -0.3 is 20.4 Å². The number of carbonyl (C=O) groups is 2. The molecule has 0 aliphatic carbocycles. The lowest BCUT2D eigenvalue weighted by Crippen LogP contribution is -2.32. The summed E-state index contributed by atoms with van der Waals surface area (Å²) < 4.78 is 0. The zero-order chi connectivity index (χ0) is 22.0. The highest BCUT2D eigenvalue weighted by Crippen LogP contribution is 2.35. The normalized spacial score (nSPS) is 12.8. The van der Waals surface area contributed by atoms with Gasteiger partial charge in [0.1, 0.15) is 11.5 Å². The van der Waals surface area contributed by atoms with Crippen LogP contribution in [-0.4, -0.2) is 39.2 Å². The predicted octanol–water partition coefficient (Wildman–Crippen LogP) is 4.19. The van der Waals surface area contributed by atoms with Gasteiger partial charge in [-0.3, -0.25) is 9.59 Å². The summed E-state index contributed by atoms with van der Waals surface area (Å²) in [6.07, 6.45) is 0.981. The van der Waals surface area contributed by atoms with Gasteiger partial charge in [-0.15, -0.1) is 12.4 Å². The second-order valence-corrected chi connectivity index (χ2v) is 7.31. The molecule has 2 aromatic carbocycles. The number of halogens is 1. The number of para-hydroxylation sites is 1. The number of fused-ring (bicyclic) bond motifs is 3. The lowest BCUT2D eigenvalue weighted by molar-refractivity contribution is -0.110. The second kappa shape index (κ2) is 9.65. The van der Waals surface area contributed by atoms with Crippen LogP contribution in [0.25, 0.3) is 11.3 Å². The topological polar surface area (TPSA) is 111 Å². The molecule has 32 heavy (non-hydrogen) atoms. The number of nitrogens with one attached hydrogen (secondary N) is 2. The summed E-state index contributed by atoms with van der Waals surface area (Å²) in [6, 6.07) is 14.4. The molecule has 4 rings (SSSR count). The number of hydrogen-bond donors (Lipinski definition) is 3. The van der Waals surface area contributed by atoms with Crippen molar-refractivity contribution in [1.82, 2.24) is 9.97 Å². The molecule has 1 aliphatic rings. The van der Waals surface area contributed by atoms with Crippen molar-refractivity contribution >= 4 is 41.3 Å². The Bertz CT molecular complexity index is 1170.